The van der Waals surface area contributed by atoms with E-state index in [1.54, 1.807) is 0 Å². The van der Waals surface area contributed by atoms with Crippen LogP contribution in [-0.2, 0) is 11.2 Å². The second-order valence-corrected chi connectivity index (χ2v) is 4.24. The minimum Gasteiger partial charge on any atom is -0.389 e. The van der Waals surface area contributed by atoms with E-state index in [1.165, 1.54) is 0 Å². The van der Waals surface area contributed by atoms with Gasteiger partial charge in [-0.05, 0) is 19.4 Å². The highest BCUT2D eigenvalue weighted by molar-refractivity contribution is 7.80. The molecule has 1 aromatic carbocycles. The average Bonchev–Trinajstić information content (AvgIpc) is 2.31. The number of thiocarbonyl (C=S) groups is 1. The summed E-state index contributed by atoms with van der Waals surface area (Å²) in [7, 11) is 0. The van der Waals surface area contributed by atoms with Crippen LogP contribution in [0.4, 0.5) is 0 Å². The highest BCUT2D eigenvalue weighted by Crippen LogP contribution is 2.07. The molecule has 0 saturated carbocycles. The van der Waals surface area contributed by atoms with Gasteiger partial charge in [0.25, 0.3) is 0 Å². The predicted molar refractivity (Wildman–Crippen MR) is 74.0 cm³/mol. The summed E-state index contributed by atoms with van der Waals surface area (Å²) in [6, 6.07) is 7.51. The van der Waals surface area contributed by atoms with Crippen LogP contribution in [0, 0.1) is 0 Å². The van der Waals surface area contributed by atoms with Gasteiger partial charge in [0.15, 0.2) is 0 Å². The van der Waals surface area contributed by atoms with E-state index in [9.17, 15) is 4.79 Å². The van der Waals surface area contributed by atoms with Crippen molar-refractivity contribution < 1.29 is 4.79 Å². The zero-order valence-electron chi connectivity index (χ0n) is 10.3. The number of nitrogens with two attached hydrogens (primary N) is 1. The third-order valence-corrected chi connectivity index (χ3v) is 2.95. The van der Waals surface area contributed by atoms with E-state index in [1.807, 2.05) is 43.0 Å². The molecule has 0 aromatic heterocycles. The van der Waals surface area contributed by atoms with Crippen molar-refractivity contribution in [2.45, 2.75) is 20.3 Å². The molecule has 1 aromatic rings. The molecule has 0 aliphatic carbocycles. The van der Waals surface area contributed by atoms with Crippen LogP contribution < -0.4 is 5.73 Å². The van der Waals surface area contributed by atoms with E-state index in [2.05, 4.69) is 0 Å². The quantitative estimate of drug-likeness (QED) is 0.810. The van der Waals surface area contributed by atoms with Crippen LogP contribution in [0.25, 0.3) is 0 Å². The highest BCUT2D eigenvalue weighted by atomic mass is 32.1. The lowest BCUT2D eigenvalue weighted by Crippen LogP contribution is -2.31. The van der Waals surface area contributed by atoms with Gasteiger partial charge in [0, 0.05) is 18.7 Å². The Labute approximate surface area is 108 Å². The fraction of sp³-hybridized carbons (Fsp3) is 0.385. The molecule has 92 valence electrons. The number of benzene rings is 1. The van der Waals surface area contributed by atoms with Gasteiger partial charge in [-0.25, -0.2) is 0 Å². The Bertz CT molecular complexity index is 396. The molecule has 0 radical (unpaired) electrons. The molecule has 4 heteroatoms. The van der Waals surface area contributed by atoms with E-state index in [-0.39, 0.29) is 5.91 Å². The lowest BCUT2D eigenvalue weighted by molar-refractivity contribution is -0.130. The van der Waals surface area contributed by atoms with Gasteiger partial charge in [-0.3, -0.25) is 4.79 Å². The summed E-state index contributed by atoms with van der Waals surface area (Å²) in [4.78, 5) is 14.1. The minimum absolute atomic E-state index is 0.151. The Morgan fingerprint density at radius 2 is 1.76 bits per heavy atom. The highest BCUT2D eigenvalue weighted by Gasteiger charge is 2.10. The fourth-order valence-electron chi connectivity index (χ4n) is 1.65. The van der Waals surface area contributed by atoms with Crippen LogP contribution in [0.1, 0.15) is 25.0 Å². The van der Waals surface area contributed by atoms with Crippen LogP contribution in [0.2, 0.25) is 0 Å². The number of amides is 1. The number of rotatable bonds is 5. The topological polar surface area (TPSA) is 46.3 Å². The summed E-state index contributed by atoms with van der Waals surface area (Å²) in [6.45, 7) is 5.47. The molecule has 0 fully saturated rings. The van der Waals surface area contributed by atoms with Gasteiger partial charge < -0.3 is 10.6 Å². The maximum absolute atomic E-state index is 11.9. The third-order valence-electron chi connectivity index (χ3n) is 2.71. The molecular formula is C13H18N2OS. The normalized spacial score (nSPS) is 10.0. The largest absolute Gasteiger partial charge is 0.389 e. The monoisotopic (exact) mass is 250 g/mol. The average molecular weight is 250 g/mol. The lowest BCUT2D eigenvalue weighted by atomic mass is 10.1. The van der Waals surface area contributed by atoms with Gasteiger partial charge in [0.05, 0.1) is 6.42 Å². The van der Waals surface area contributed by atoms with E-state index < -0.39 is 0 Å². The van der Waals surface area contributed by atoms with E-state index >= 15 is 0 Å². The molecule has 0 bridgehead atoms. The van der Waals surface area contributed by atoms with Crippen molar-refractivity contribution in [2.75, 3.05) is 13.1 Å². The maximum Gasteiger partial charge on any atom is 0.226 e. The SMILES string of the molecule is CCN(CC)C(=O)Cc1ccc(C(N)=S)cc1. The summed E-state index contributed by atoms with van der Waals surface area (Å²) in [5.41, 5.74) is 7.33. The second-order valence-electron chi connectivity index (χ2n) is 3.80. The van der Waals surface area contributed by atoms with Crippen molar-refractivity contribution >= 4 is 23.1 Å². The van der Waals surface area contributed by atoms with Gasteiger partial charge in [-0.1, -0.05) is 36.5 Å². The summed E-state index contributed by atoms with van der Waals surface area (Å²) < 4.78 is 0. The molecule has 3 nitrogen and oxygen atoms in total. The summed E-state index contributed by atoms with van der Waals surface area (Å²) in [5.74, 6) is 0.151. The summed E-state index contributed by atoms with van der Waals surface area (Å²) >= 11 is 4.87. The first-order valence-corrected chi connectivity index (χ1v) is 6.15. The van der Waals surface area contributed by atoms with Gasteiger partial charge >= 0.3 is 0 Å². The number of carbonyl (C=O) groups excluding carboxylic acids is 1. The number of nitrogens with zero attached hydrogens (tertiary/aromatic N) is 1. The van der Waals surface area contributed by atoms with Gasteiger partial charge in [-0.2, -0.15) is 0 Å². The van der Waals surface area contributed by atoms with Crippen molar-refractivity contribution in [3.63, 3.8) is 0 Å². The molecule has 0 atom stereocenters. The van der Waals surface area contributed by atoms with E-state index in [4.69, 9.17) is 18.0 Å². The Balaban J connectivity index is 2.69. The van der Waals surface area contributed by atoms with Crippen molar-refractivity contribution in [3.05, 3.63) is 35.4 Å². The molecule has 0 aliphatic rings. The first-order valence-electron chi connectivity index (χ1n) is 5.75. The lowest BCUT2D eigenvalue weighted by Gasteiger charge is -2.18. The van der Waals surface area contributed by atoms with Crippen molar-refractivity contribution in [2.24, 2.45) is 5.73 Å². The Hall–Kier alpha value is -1.42. The standard InChI is InChI=1S/C13H18N2OS/c1-3-15(4-2)12(16)9-10-5-7-11(8-6-10)13(14)17/h5-8H,3-4,9H2,1-2H3,(H2,14,17). The van der Waals surface area contributed by atoms with Crippen LogP contribution in [0.3, 0.4) is 0 Å². The Morgan fingerprint density at radius 1 is 1.24 bits per heavy atom. The van der Waals surface area contributed by atoms with Crippen LogP contribution in [0.15, 0.2) is 24.3 Å². The van der Waals surface area contributed by atoms with E-state index in [0.29, 0.717) is 11.4 Å². The molecule has 0 aliphatic heterocycles. The van der Waals surface area contributed by atoms with Crippen LogP contribution in [0.5, 0.6) is 0 Å². The zero-order chi connectivity index (χ0) is 12.8. The van der Waals surface area contributed by atoms with Gasteiger partial charge in [0.1, 0.15) is 4.99 Å². The smallest absolute Gasteiger partial charge is 0.226 e. The molecule has 0 unspecified atom stereocenters. The number of hydrogen-bond donors (Lipinski definition) is 1. The van der Waals surface area contributed by atoms with Crippen molar-refractivity contribution in [1.82, 2.24) is 4.90 Å². The molecule has 0 saturated heterocycles. The molecule has 1 amide bonds. The van der Waals surface area contributed by atoms with Crippen LogP contribution >= 0.6 is 12.2 Å². The molecule has 0 heterocycles. The number of likely N-dealkylation sites (N-methyl/N-ethyl adjacent to an activating group) is 1. The maximum atomic E-state index is 11.9. The third kappa shape index (κ3) is 3.82. The predicted octanol–water partition coefficient (Wildman–Crippen LogP) is 1.73. The second kappa shape index (κ2) is 6.35. The Kier molecular flexibility index (Phi) is 5.10. The number of carbonyl (C=O) groups is 1. The van der Waals surface area contributed by atoms with Crippen LogP contribution in [-0.4, -0.2) is 28.9 Å². The fourth-order valence-corrected chi connectivity index (χ4v) is 1.79. The van der Waals surface area contributed by atoms with Crippen molar-refractivity contribution in [1.29, 1.82) is 0 Å². The zero-order valence-corrected chi connectivity index (χ0v) is 11.1. The van der Waals surface area contributed by atoms with Gasteiger partial charge in [0.2, 0.25) is 5.91 Å². The molecular weight excluding hydrogens is 232 g/mol. The molecule has 1 rings (SSSR count). The molecule has 0 spiro atoms. The first kappa shape index (κ1) is 13.6. The molecule has 2 N–H and O–H groups in total. The van der Waals surface area contributed by atoms with E-state index in [0.717, 1.165) is 24.2 Å². The minimum atomic E-state index is 0.151. The first-order chi connectivity index (χ1) is 8.08. The van der Waals surface area contributed by atoms with Crippen molar-refractivity contribution in [3.8, 4) is 0 Å². The Morgan fingerprint density at radius 3 is 2.18 bits per heavy atom. The summed E-state index contributed by atoms with van der Waals surface area (Å²) in [6.07, 6.45) is 0.430. The molecule has 17 heavy (non-hydrogen) atoms. The number of hydrogen-bond acceptors (Lipinski definition) is 2. The summed E-state index contributed by atoms with van der Waals surface area (Å²) in [5, 5.41) is 0. The van der Waals surface area contributed by atoms with Gasteiger partial charge in [-0.15, -0.1) is 0 Å².